The van der Waals surface area contributed by atoms with Crippen molar-refractivity contribution in [1.82, 2.24) is 8.87 Å². The highest BCUT2D eigenvalue weighted by Gasteiger charge is 2.32. The van der Waals surface area contributed by atoms with E-state index in [1.54, 1.807) is 24.3 Å². The molecule has 1 aliphatic rings. The fourth-order valence-corrected chi connectivity index (χ4v) is 6.63. The number of aryl methyl sites for hydroxylation is 3. The summed E-state index contributed by atoms with van der Waals surface area (Å²) in [6, 6.07) is 13.1. The van der Waals surface area contributed by atoms with Crippen molar-refractivity contribution in [2.24, 2.45) is 10.9 Å². The topological polar surface area (TPSA) is 71.7 Å². The Hall–Kier alpha value is -2.29. The maximum Gasteiger partial charge on any atom is 0.251 e. The SMILES string of the molecule is CCn1c(=NC(=O)C2CCN(S(=O)(=O)c3ccc(C)cc3)CC2)sc2cc(C)ccc21. The standard InChI is InChI=1S/C23H27N3O3S2/c1-4-26-20-10-7-17(3)15-21(20)30-23(26)24-22(27)18-11-13-25(14-12-18)31(28,29)19-8-5-16(2)6-9-19/h5-10,15,18H,4,11-14H2,1-3H3. The molecule has 1 saturated heterocycles. The van der Waals surface area contributed by atoms with Crippen LogP contribution in [0.4, 0.5) is 0 Å². The lowest BCUT2D eigenvalue weighted by atomic mass is 9.98. The third kappa shape index (κ3) is 4.37. The third-order valence-corrected chi connectivity index (χ3v) is 8.78. The van der Waals surface area contributed by atoms with Gasteiger partial charge in [0.05, 0.1) is 15.1 Å². The van der Waals surface area contributed by atoms with Crippen LogP contribution in [0.25, 0.3) is 10.2 Å². The predicted octanol–water partition coefficient (Wildman–Crippen LogP) is 3.87. The van der Waals surface area contributed by atoms with Crippen LogP contribution in [0.15, 0.2) is 52.4 Å². The highest BCUT2D eigenvalue weighted by molar-refractivity contribution is 7.89. The largest absolute Gasteiger partial charge is 0.317 e. The van der Waals surface area contributed by atoms with Gasteiger partial charge in [-0.2, -0.15) is 9.30 Å². The number of rotatable bonds is 4. The zero-order valence-corrected chi connectivity index (χ0v) is 19.7. The maximum atomic E-state index is 12.9. The van der Waals surface area contributed by atoms with E-state index in [1.807, 2.05) is 13.8 Å². The van der Waals surface area contributed by atoms with E-state index in [0.29, 0.717) is 35.6 Å². The van der Waals surface area contributed by atoms with Crippen molar-refractivity contribution in [2.45, 2.75) is 45.1 Å². The number of sulfonamides is 1. The van der Waals surface area contributed by atoms with Crippen LogP contribution >= 0.6 is 11.3 Å². The van der Waals surface area contributed by atoms with Crippen molar-refractivity contribution in [3.05, 3.63) is 58.4 Å². The second-order valence-electron chi connectivity index (χ2n) is 8.04. The molecule has 0 spiro atoms. The Labute approximate surface area is 186 Å². The molecule has 1 amide bonds. The summed E-state index contributed by atoms with van der Waals surface area (Å²) in [7, 11) is -3.53. The van der Waals surface area contributed by atoms with E-state index >= 15 is 0 Å². The number of hydrogen-bond acceptors (Lipinski definition) is 4. The van der Waals surface area contributed by atoms with E-state index in [9.17, 15) is 13.2 Å². The van der Waals surface area contributed by atoms with Crippen molar-refractivity contribution in [3.63, 3.8) is 0 Å². The number of aromatic nitrogens is 1. The van der Waals surface area contributed by atoms with E-state index in [1.165, 1.54) is 21.2 Å². The molecule has 0 atom stereocenters. The number of carbonyl (C=O) groups excluding carboxylic acids is 1. The van der Waals surface area contributed by atoms with Crippen LogP contribution in [0, 0.1) is 19.8 Å². The number of nitrogens with zero attached hydrogens (tertiary/aromatic N) is 3. The highest BCUT2D eigenvalue weighted by atomic mass is 32.2. The summed E-state index contributed by atoms with van der Waals surface area (Å²) in [5.74, 6) is -0.403. The minimum atomic E-state index is -3.53. The first-order chi connectivity index (χ1) is 14.8. The van der Waals surface area contributed by atoms with Gasteiger partial charge < -0.3 is 4.57 Å². The van der Waals surface area contributed by atoms with Crippen LogP contribution in [0.5, 0.6) is 0 Å². The number of thiazole rings is 1. The molecular weight excluding hydrogens is 430 g/mol. The number of amides is 1. The number of piperidine rings is 1. The van der Waals surface area contributed by atoms with E-state index in [0.717, 1.165) is 22.3 Å². The van der Waals surface area contributed by atoms with Crippen molar-refractivity contribution >= 4 is 37.5 Å². The molecule has 164 valence electrons. The fourth-order valence-electron chi connectivity index (χ4n) is 3.96. The predicted molar refractivity (Wildman–Crippen MR) is 123 cm³/mol. The summed E-state index contributed by atoms with van der Waals surface area (Å²) >= 11 is 1.53. The average Bonchev–Trinajstić information content (AvgIpc) is 3.09. The molecule has 0 aliphatic carbocycles. The van der Waals surface area contributed by atoms with E-state index in [2.05, 4.69) is 34.7 Å². The number of fused-ring (bicyclic) bond motifs is 1. The number of benzene rings is 2. The Kier molecular flexibility index (Phi) is 6.14. The van der Waals surface area contributed by atoms with Crippen LogP contribution in [0.3, 0.4) is 0 Å². The Morgan fingerprint density at radius 2 is 1.71 bits per heavy atom. The van der Waals surface area contributed by atoms with Crippen molar-refractivity contribution in [2.75, 3.05) is 13.1 Å². The van der Waals surface area contributed by atoms with Gasteiger partial charge in [0.25, 0.3) is 5.91 Å². The van der Waals surface area contributed by atoms with Gasteiger partial charge in [-0.25, -0.2) is 8.42 Å². The first-order valence-electron chi connectivity index (χ1n) is 10.5. The lowest BCUT2D eigenvalue weighted by Gasteiger charge is -2.29. The Balaban J connectivity index is 1.51. The zero-order valence-electron chi connectivity index (χ0n) is 18.0. The molecule has 2 heterocycles. The summed E-state index contributed by atoms with van der Waals surface area (Å²) in [6.45, 7) is 7.43. The molecule has 0 N–H and O–H groups in total. The molecular formula is C23H27N3O3S2. The fraction of sp³-hybridized carbons (Fsp3) is 0.391. The molecule has 1 aliphatic heterocycles. The molecule has 4 rings (SSSR count). The van der Waals surface area contributed by atoms with Crippen molar-refractivity contribution in [3.8, 4) is 0 Å². The Morgan fingerprint density at radius 1 is 1.06 bits per heavy atom. The van der Waals surface area contributed by atoms with Gasteiger partial charge >= 0.3 is 0 Å². The highest BCUT2D eigenvalue weighted by Crippen LogP contribution is 2.25. The van der Waals surface area contributed by atoms with Gasteiger partial charge in [-0.05, 0) is 63.4 Å². The van der Waals surface area contributed by atoms with Crippen molar-refractivity contribution in [1.29, 1.82) is 0 Å². The first kappa shape index (κ1) is 21.9. The normalized spacial score (nSPS) is 16.8. The van der Waals surface area contributed by atoms with E-state index < -0.39 is 10.0 Å². The molecule has 31 heavy (non-hydrogen) atoms. The van der Waals surface area contributed by atoms with Crippen LogP contribution in [-0.2, 0) is 21.4 Å². The second kappa shape index (κ2) is 8.68. The Bertz CT molecular complexity index is 1280. The van der Waals surface area contributed by atoms with E-state index in [-0.39, 0.29) is 11.8 Å². The molecule has 0 radical (unpaired) electrons. The average molecular weight is 458 g/mol. The van der Waals surface area contributed by atoms with Crippen LogP contribution in [0.2, 0.25) is 0 Å². The summed E-state index contributed by atoms with van der Waals surface area (Å²) in [4.78, 5) is 18.4. The molecule has 8 heteroatoms. The lowest BCUT2D eigenvalue weighted by molar-refractivity contribution is -0.122. The molecule has 3 aromatic rings. The third-order valence-electron chi connectivity index (χ3n) is 5.82. The van der Waals surface area contributed by atoms with Gasteiger partial charge in [-0.1, -0.05) is 35.1 Å². The van der Waals surface area contributed by atoms with Gasteiger partial charge in [0.15, 0.2) is 4.80 Å². The summed E-state index contributed by atoms with van der Waals surface area (Å²) in [6.07, 6.45) is 0.979. The molecule has 0 saturated carbocycles. The minimum Gasteiger partial charge on any atom is -0.317 e. The summed E-state index contributed by atoms with van der Waals surface area (Å²) in [5, 5.41) is 0. The zero-order chi connectivity index (χ0) is 22.2. The maximum absolute atomic E-state index is 12.9. The smallest absolute Gasteiger partial charge is 0.251 e. The molecule has 0 bridgehead atoms. The first-order valence-corrected chi connectivity index (χ1v) is 12.8. The quantitative estimate of drug-likeness (QED) is 0.597. The molecule has 0 unspecified atom stereocenters. The van der Waals surface area contributed by atoms with Gasteiger partial charge in [0.2, 0.25) is 10.0 Å². The van der Waals surface area contributed by atoms with E-state index in [4.69, 9.17) is 0 Å². The molecule has 1 aromatic heterocycles. The Morgan fingerprint density at radius 3 is 2.35 bits per heavy atom. The van der Waals surface area contributed by atoms with Crippen molar-refractivity contribution < 1.29 is 13.2 Å². The number of carbonyl (C=O) groups is 1. The van der Waals surface area contributed by atoms with Crippen LogP contribution < -0.4 is 4.80 Å². The van der Waals surface area contributed by atoms with Crippen LogP contribution in [-0.4, -0.2) is 36.3 Å². The lowest BCUT2D eigenvalue weighted by Crippen LogP contribution is -2.40. The second-order valence-corrected chi connectivity index (χ2v) is 11.0. The molecule has 2 aromatic carbocycles. The molecule has 6 nitrogen and oxygen atoms in total. The summed E-state index contributed by atoms with van der Waals surface area (Å²) in [5.41, 5.74) is 3.28. The van der Waals surface area contributed by atoms with Gasteiger partial charge in [-0.15, -0.1) is 0 Å². The number of hydrogen-bond donors (Lipinski definition) is 0. The van der Waals surface area contributed by atoms with Gasteiger partial charge in [0.1, 0.15) is 0 Å². The van der Waals surface area contributed by atoms with Gasteiger partial charge in [0, 0.05) is 25.6 Å². The van der Waals surface area contributed by atoms with Gasteiger partial charge in [-0.3, -0.25) is 4.79 Å². The minimum absolute atomic E-state index is 0.155. The summed E-state index contributed by atoms with van der Waals surface area (Å²) < 4.78 is 30.4. The molecule has 1 fully saturated rings. The monoisotopic (exact) mass is 457 g/mol. The van der Waals surface area contributed by atoms with Crippen LogP contribution in [0.1, 0.15) is 30.9 Å².